The maximum atomic E-state index is 11.9. The molecule has 0 spiro atoms. The van der Waals surface area contributed by atoms with Crippen molar-refractivity contribution in [3.05, 3.63) is 34.3 Å². The van der Waals surface area contributed by atoms with E-state index in [-0.39, 0.29) is 42.5 Å². The zero-order valence-corrected chi connectivity index (χ0v) is 19.5. The van der Waals surface area contributed by atoms with E-state index in [9.17, 15) is 4.79 Å². The van der Waals surface area contributed by atoms with Gasteiger partial charge in [0.05, 0.1) is 6.10 Å². The van der Waals surface area contributed by atoms with Gasteiger partial charge in [0, 0.05) is 45.3 Å². The Bertz CT molecular complexity index is 607. The summed E-state index contributed by atoms with van der Waals surface area (Å²) in [6.45, 7) is 2.34. The lowest BCUT2D eigenvalue weighted by Gasteiger charge is -2.24. The third-order valence-corrected chi connectivity index (χ3v) is 4.88. The van der Waals surface area contributed by atoms with Crippen molar-refractivity contribution in [3.8, 4) is 0 Å². The van der Waals surface area contributed by atoms with Gasteiger partial charge in [0.1, 0.15) is 6.54 Å². The quantitative estimate of drug-likeness (QED) is 0.344. The molecular weight excluding hydrogens is 511 g/mol. The van der Waals surface area contributed by atoms with Gasteiger partial charge in [-0.1, -0.05) is 34.1 Å². The molecule has 1 aromatic rings. The van der Waals surface area contributed by atoms with Crippen molar-refractivity contribution in [1.82, 2.24) is 15.1 Å². The number of nitrogens with zero attached hydrogens (tertiary/aromatic N) is 3. The van der Waals surface area contributed by atoms with Crippen molar-refractivity contribution in [2.24, 2.45) is 4.99 Å². The highest BCUT2D eigenvalue weighted by Crippen LogP contribution is 2.17. The van der Waals surface area contributed by atoms with Crippen LogP contribution in [0.25, 0.3) is 0 Å². The van der Waals surface area contributed by atoms with Gasteiger partial charge >= 0.3 is 0 Å². The Balaban J connectivity index is 0.00000338. The van der Waals surface area contributed by atoms with Crippen LogP contribution in [0.3, 0.4) is 0 Å². The van der Waals surface area contributed by atoms with Crippen molar-refractivity contribution in [2.45, 2.75) is 25.5 Å². The number of rotatable bonds is 6. The molecular formula is C18H28BrIN4O2. The number of benzene rings is 1. The molecule has 2 rings (SSSR count). The van der Waals surface area contributed by atoms with E-state index in [0.29, 0.717) is 19.0 Å². The van der Waals surface area contributed by atoms with Gasteiger partial charge in [-0.25, -0.2) is 4.99 Å². The summed E-state index contributed by atoms with van der Waals surface area (Å²) in [5, 5.41) is 3.36. The average Bonchev–Trinajstić information content (AvgIpc) is 3.10. The average molecular weight is 539 g/mol. The lowest BCUT2D eigenvalue weighted by atomic mass is 10.2. The summed E-state index contributed by atoms with van der Waals surface area (Å²) in [6.07, 6.45) is 2.38. The van der Waals surface area contributed by atoms with Gasteiger partial charge in [-0.2, -0.15) is 0 Å². The zero-order chi connectivity index (χ0) is 18.2. The maximum absolute atomic E-state index is 11.9. The second-order valence-electron chi connectivity index (χ2n) is 6.39. The predicted octanol–water partition coefficient (Wildman–Crippen LogP) is 2.71. The first kappa shape index (κ1) is 23.2. The molecule has 26 heavy (non-hydrogen) atoms. The van der Waals surface area contributed by atoms with Gasteiger partial charge < -0.3 is 19.9 Å². The van der Waals surface area contributed by atoms with Crippen molar-refractivity contribution < 1.29 is 9.53 Å². The van der Waals surface area contributed by atoms with Gasteiger partial charge in [-0.05, 0) is 24.5 Å². The van der Waals surface area contributed by atoms with E-state index in [1.807, 2.05) is 30.1 Å². The summed E-state index contributed by atoms with van der Waals surface area (Å²) in [7, 11) is 5.45. The Morgan fingerprint density at radius 1 is 1.35 bits per heavy atom. The third-order valence-electron chi connectivity index (χ3n) is 4.10. The number of ether oxygens (including phenoxy) is 1. The first-order valence-corrected chi connectivity index (χ1v) is 9.31. The van der Waals surface area contributed by atoms with Gasteiger partial charge in [0.2, 0.25) is 5.91 Å². The molecule has 6 nitrogen and oxygen atoms in total. The summed E-state index contributed by atoms with van der Waals surface area (Å²) in [4.78, 5) is 20.0. The Labute approximate surface area is 181 Å². The molecule has 0 aliphatic carbocycles. The summed E-state index contributed by atoms with van der Waals surface area (Å²) in [6, 6.07) is 8.10. The molecule has 146 valence electrons. The Kier molecular flexibility index (Phi) is 10.5. The highest BCUT2D eigenvalue weighted by molar-refractivity contribution is 14.0. The molecule has 1 unspecified atom stereocenters. The van der Waals surface area contributed by atoms with Crippen LogP contribution in [0.5, 0.6) is 0 Å². The van der Waals surface area contributed by atoms with Gasteiger partial charge in [-0.15, -0.1) is 24.0 Å². The molecule has 0 radical (unpaired) electrons. The highest BCUT2D eigenvalue weighted by atomic mass is 127. The molecule has 0 saturated carbocycles. The minimum absolute atomic E-state index is 0. The van der Waals surface area contributed by atoms with E-state index >= 15 is 0 Å². The summed E-state index contributed by atoms with van der Waals surface area (Å²) in [5.41, 5.74) is 1.16. The molecule has 1 heterocycles. The number of hydrogen-bond acceptors (Lipinski definition) is 3. The minimum atomic E-state index is -0.0225. The molecule has 1 fully saturated rings. The lowest BCUT2D eigenvalue weighted by Crippen LogP contribution is -2.42. The Morgan fingerprint density at radius 2 is 2.08 bits per heavy atom. The number of carbonyl (C=O) groups excluding carboxylic acids is 1. The van der Waals surface area contributed by atoms with E-state index in [1.165, 1.54) is 0 Å². The Hall–Kier alpha value is -0.870. The predicted molar refractivity (Wildman–Crippen MR) is 119 cm³/mol. The van der Waals surface area contributed by atoms with Crippen LogP contribution >= 0.6 is 39.9 Å². The number of amides is 1. The lowest BCUT2D eigenvalue weighted by molar-refractivity contribution is -0.127. The van der Waals surface area contributed by atoms with E-state index in [2.05, 4.69) is 32.3 Å². The summed E-state index contributed by atoms with van der Waals surface area (Å²) in [5.74, 6) is 0.687. The smallest absolute Gasteiger partial charge is 0.243 e. The van der Waals surface area contributed by atoms with Crippen LogP contribution in [0, 0.1) is 0 Å². The molecule has 8 heteroatoms. The van der Waals surface area contributed by atoms with Crippen LogP contribution < -0.4 is 5.32 Å². The molecule has 1 atom stereocenters. The molecule has 1 amide bonds. The van der Waals surface area contributed by atoms with E-state index < -0.39 is 0 Å². The molecule has 1 aliphatic heterocycles. The van der Waals surface area contributed by atoms with Crippen LogP contribution in [-0.2, 0) is 16.1 Å². The largest absolute Gasteiger partial charge is 0.376 e. The first-order chi connectivity index (χ1) is 12.0. The number of aliphatic imine (C=N–C) groups is 1. The SMILES string of the molecule is CN(C)C(=O)CN=C(NCC1CCCO1)N(C)Cc1ccccc1Br.I. The van der Waals surface area contributed by atoms with E-state index in [4.69, 9.17) is 4.74 Å². The number of guanidine groups is 1. The van der Waals surface area contributed by atoms with E-state index in [0.717, 1.165) is 29.5 Å². The minimum Gasteiger partial charge on any atom is -0.376 e. The fourth-order valence-electron chi connectivity index (χ4n) is 2.56. The summed E-state index contributed by atoms with van der Waals surface area (Å²) < 4.78 is 6.73. The van der Waals surface area contributed by atoms with Crippen molar-refractivity contribution >= 4 is 51.8 Å². The standard InChI is InChI=1S/C18H27BrN4O2.HI/c1-22(2)17(24)12-21-18(20-11-15-8-6-10-25-15)23(3)13-14-7-4-5-9-16(14)19;/h4-5,7,9,15H,6,8,10-13H2,1-3H3,(H,20,21);1H. The van der Waals surface area contributed by atoms with Crippen LogP contribution in [0.15, 0.2) is 33.7 Å². The normalized spacial score (nSPS) is 16.8. The molecule has 0 bridgehead atoms. The van der Waals surface area contributed by atoms with Gasteiger partial charge in [-0.3, -0.25) is 4.79 Å². The number of nitrogens with one attached hydrogen (secondary N) is 1. The first-order valence-electron chi connectivity index (χ1n) is 8.52. The number of halogens is 2. The molecule has 1 saturated heterocycles. The third kappa shape index (κ3) is 7.40. The second kappa shape index (κ2) is 11.8. The number of likely N-dealkylation sites (N-methyl/N-ethyl adjacent to an activating group) is 1. The maximum Gasteiger partial charge on any atom is 0.243 e. The second-order valence-corrected chi connectivity index (χ2v) is 7.25. The highest BCUT2D eigenvalue weighted by Gasteiger charge is 2.17. The van der Waals surface area contributed by atoms with Crippen molar-refractivity contribution in [2.75, 3.05) is 40.8 Å². The van der Waals surface area contributed by atoms with Gasteiger partial charge in [0.15, 0.2) is 5.96 Å². The number of carbonyl (C=O) groups is 1. The fourth-order valence-corrected chi connectivity index (χ4v) is 2.97. The van der Waals surface area contributed by atoms with Crippen molar-refractivity contribution in [1.29, 1.82) is 0 Å². The van der Waals surface area contributed by atoms with E-state index in [1.54, 1.807) is 19.0 Å². The molecule has 1 aromatic carbocycles. The topological polar surface area (TPSA) is 57.2 Å². The van der Waals surface area contributed by atoms with Crippen LogP contribution in [0.1, 0.15) is 18.4 Å². The monoisotopic (exact) mass is 538 g/mol. The number of hydrogen-bond donors (Lipinski definition) is 1. The molecule has 1 N–H and O–H groups in total. The Morgan fingerprint density at radius 3 is 2.69 bits per heavy atom. The van der Waals surface area contributed by atoms with Crippen LogP contribution in [0.4, 0.5) is 0 Å². The molecule has 0 aromatic heterocycles. The van der Waals surface area contributed by atoms with Gasteiger partial charge in [0.25, 0.3) is 0 Å². The summed E-state index contributed by atoms with van der Waals surface area (Å²) >= 11 is 3.58. The zero-order valence-electron chi connectivity index (χ0n) is 15.6. The van der Waals surface area contributed by atoms with Crippen LogP contribution in [-0.4, -0.2) is 68.6 Å². The van der Waals surface area contributed by atoms with Crippen molar-refractivity contribution in [3.63, 3.8) is 0 Å². The molecule has 1 aliphatic rings. The van der Waals surface area contributed by atoms with Crippen LogP contribution in [0.2, 0.25) is 0 Å². The fraction of sp³-hybridized carbons (Fsp3) is 0.556.